The summed E-state index contributed by atoms with van der Waals surface area (Å²) in [5.74, 6) is 0. The van der Waals surface area contributed by atoms with Crippen molar-refractivity contribution < 1.29 is 0 Å². The van der Waals surface area contributed by atoms with E-state index >= 15 is 0 Å². The summed E-state index contributed by atoms with van der Waals surface area (Å²) in [4.78, 5) is 2.56. The van der Waals surface area contributed by atoms with Gasteiger partial charge in [-0.1, -0.05) is 13.3 Å². The van der Waals surface area contributed by atoms with Crippen LogP contribution >= 0.6 is 0 Å². The van der Waals surface area contributed by atoms with E-state index in [2.05, 4.69) is 25.3 Å². The van der Waals surface area contributed by atoms with Crippen LogP contribution < -0.4 is 0 Å². The van der Waals surface area contributed by atoms with Gasteiger partial charge in [0.1, 0.15) is 0 Å². The van der Waals surface area contributed by atoms with Crippen molar-refractivity contribution in [2.24, 2.45) is 0 Å². The smallest absolute Gasteiger partial charge is 0.0462 e. The van der Waals surface area contributed by atoms with Gasteiger partial charge in [-0.2, -0.15) is 0 Å². The maximum Gasteiger partial charge on any atom is 0.0462 e. The largest absolute Gasteiger partial charge is 0.301 e. The lowest BCUT2D eigenvalue weighted by Gasteiger charge is -2.31. The molecule has 1 heterocycles. The van der Waals surface area contributed by atoms with Gasteiger partial charge in [0.2, 0.25) is 0 Å². The lowest BCUT2D eigenvalue weighted by Crippen LogP contribution is -2.36. The molecule has 1 aliphatic rings. The number of hydrogen-bond acceptors (Lipinski definition) is 2. The zero-order valence-electron chi connectivity index (χ0n) is 7.58. The Balaban J connectivity index is 0.000000461. The van der Waals surface area contributed by atoms with Crippen LogP contribution in [0.3, 0.4) is 0 Å². The molecule has 1 unspecified atom stereocenters. The highest BCUT2D eigenvalue weighted by molar-refractivity contribution is 4.70. The molecule has 0 aliphatic carbocycles. The van der Waals surface area contributed by atoms with E-state index in [9.17, 15) is 0 Å². The molecule has 1 atom stereocenters. The summed E-state index contributed by atoms with van der Waals surface area (Å²) >= 11 is 0. The predicted molar refractivity (Wildman–Crippen MR) is 47.2 cm³/mol. The van der Waals surface area contributed by atoms with Crippen molar-refractivity contribution in [1.82, 2.24) is 4.90 Å². The molecular weight excluding hydrogens is 136 g/mol. The van der Waals surface area contributed by atoms with Crippen LogP contribution in [0.1, 0.15) is 33.1 Å². The number of rotatable bonds is 1. The van der Waals surface area contributed by atoms with Gasteiger partial charge >= 0.3 is 0 Å². The van der Waals surface area contributed by atoms with Gasteiger partial charge in [0.05, 0.1) is 0 Å². The molecule has 0 aromatic rings. The first-order chi connectivity index (χ1) is 5.34. The average molecular weight is 154 g/mol. The molecule has 2 nitrogen and oxygen atoms in total. The van der Waals surface area contributed by atoms with E-state index in [0.717, 1.165) is 6.04 Å². The summed E-state index contributed by atoms with van der Waals surface area (Å²) in [5, 5.41) is 6.50. The minimum absolute atomic E-state index is 0.851. The van der Waals surface area contributed by atoms with Crippen molar-refractivity contribution in [3.63, 3.8) is 0 Å². The summed E-state index contributed by atoms with van der Waals surface area (Å²) in [6, 6.07) is 0.851. The molecule has 0 amide bonds. The van der Waals surface area contributed by atoms with Crippen molar-refractivity contribution in [2.75, 3.05) is 13.1 Å². The summed E-state index contributed by atoms with van der Waals surface area (Å²) in [5.41, 5.74) is 0. The van der Waals surface area contributed by atoms with E-state index in [4.69, 9.17) is 5.26 Å². The number of piperidine rings is 1. The molecule has 1 aliphatic heterocycles. The Morgan fingerprint density at radius 3 is 2.45 bits per heavy atom. The van der Waals surface area contributed by atoms with Gasteiger partial charge < -0.3 is 4.90 Å². The van der Waals surface area contributed by atoms with Crippen LogP contribution in [0.2, 0.25) is 0 Å². The van der Waals surface area contributed by atoms with E-state index in [1.807, 2.05) is 0 Å². The van der Waals surface area contributed by atoms with Gasteiger partial charge in [-0.15, -0.1) is 0 Å². The zero-order valence-corrected chi connectivity index (χ0v) is 7.58. The summed E-state index contributed by atoms with van der Waals surface area (Å²) < 4.78 is 0. The molecule has 0 N–H and O–H groups in total. The Kier molecular flexibility index (Phi) is 5.87. The standard InChI is InChI=1S/C8H17N.CHN/c1-3-9-7-5-4-6-8(9)2;1-2/h8H,3-7H2,1-2H3;1H. The van der Waals surface area contributed by atoms with Crippen LogP contribution in [0.5, 0.6) is 0 Å². The molecule has 0 radical (unpaired) electrons. The monoisotopic (exact) mass is 154 g/mol. The molecule has 0 spiro atoms. The second-order valence-corrected chi connectivity index (χ2v) is 2.97. The molecule has 1 rings (SSSR count). The minimum atomic E-state index is 0.851. The lowest BCUT2D eigenvalue weighted by atomic mass is 10.0. The van der Waals surface area contributed by atoms with Gasteiger partial charge in [0.15, 0.2) is 0 Å². The highest BCUT2D eigenvalue weighted by Gasteiger charge is 2.14. The normalized spacial score (nSPS) is 25.3. The number of hydrogen-bond donors (Lipinski definition) is 0. The molecule has 1 saturated heterocycles. The van der Waals surface area contributed by atoms with Crippen LogP contribution in [-0.4, -0.2) is 24.0 Å². The van der Waals surface area contributed by atoms with Crippen LogP contribution in [0.15, 0.2) is 0 Å². The van der Waals surface area contributed by atoms with Crippen molar-refractivity contribution >= 4 is 0 Å². The highest BCUT2D eigenvalue weighted by atomic mass is 15.1. The van der Waals surface area contributed by atoms with Gasteiger partial charge in [0.25, 0.3) is 0 Å². The highest BCUT2D eigenvalue weighted by Crippen LogP contribution is 2.14. The molecule has 11 heavy (non-hydrogen) atoms. The fraction of sp³-hybridized carbons (Fsp3) is 0.889. The minimum Gasteiger partial charge on any atom is -0.301 e. The topological polar surface area (TPSA) is 27.0 Å². The third kappa shape index (κ3) is 3.38. The van der Waals surface area contributed by atoms with Gasteiger partial charge in [0, 0.05) is 12.6 Å². The van der Waals surface area contributed by atoms with Gasteiger partial charge in [-0.05, 0) is 32.9 Å². The van der Waals surface area contributed by atoms with Gasteiger partial charge in [-0.25, -0.2) is 5.26 Å². The Bertz CT molecular complexity index is 109. The molecule has 0 aromatic carbocycles. The maximum atomic E-state index is 6.50. The first kappa shape index (κ1) is 10.4. The van der Waals surface area contributed by atoms with E-state index in [-0.39, 0.29) is 0 Å². The first-order valence-electron chi connectivity index (χ1n) is 4.34. The molecular formula is C9H18N2. The zero-order chi connectivity index (χ0) is 8.69. The Hall–Kier alpha value is -0.550. The molecule has 2 heteroatoms. The Morgan fingerprint density at radius 2 is 2.09 bits per heavy atom. The summed E-state index contributed by atoms with van der Waals surface area (Å²) in [6.07, 6.45) is 4.27. The van der Waals surface area contributed by atoms with Crippen molar-refractivity contribution in [3.8, 4) is 6.57 Å². The summed E-state index contributed by atoms with van der Waals surface area (Å²) in [6.45, 7) is 10.7. The SMILES string of the molecule is C#N.CCN1CCCCC1C. The third-order valence-corrected chi connectivity index (χ3v) is 2.35. The summed E-state index contributed by atoms with van der Waals surface area (Å²) in [7, 11) is 0. The molecule has 0 aromatic heterocycles. The predicted octanol–water partition coefficient (Wildman–Crippen LogP) is 2.02. The van der Waals surface area contributed by atoms with E-state index in [0.29, 0.717) is 0 Å². The average Bonchev–Trinajstić information content (AvgIpc) is 2.09. The van der Waals surface area contributed by atoms with E-state index in [1.54, 1.807) is 0 Å². The van der Waals surface area contributed by atoms with E-state index < -0.39 is 0 Å². The second kappa shape index (κ2) is 6.18. The molecule has 64 valence electrons. The lowest BCUT2D eigenvalue weighted by molar-refractivity contribution is 0.169. The quantitative estimate of drug-likeness (QED) is 0.577. The number of nitrogens with zero attached hydrogens (tertiary/aromatic N) is 2. The Morgan fingerprint density at radius 1 is 1.45 bits per heavy atom. The number of nitriles is 1. The first-order valence-corrected chi connectivity index (χ1v) is 4.34. The maximum absolute atomic E-state index is 6.50. The van der Waals surface area contributed by atoms with Crippen molar-refractivity contribution in [2.45, 2.75) is 39.2 Å². The fourth-order valence-electron chi connectivity index (χ4n) is 1.63. The number of likely N-dealkylation sites (tertiary alicyclic amines) is 1. The van der Waals surface area contributed by atoms with Crippen LogP contribution in [0.4, 0.5) is 0 Å². The second-order valence-electron chi connectivity index (χ2n) is 2.97. The van der Waals surface area contributed by atoms with Crippen LogP contribution in [0, 0.1) is 11.8 Å². The molecule has 0 bridgehead atoms. The van der Waals surface area contributed by atoms with Crippen molar-refractivity contribution in [1.29, 1.82) is 5.26 Å². The van der Waals surface area contributed by atoms with Gasteiger partial charge in [-0.3, -0.25) is 0 Å². The van der Waals surface area contributed by atoms with Crippen molar-refractivity contribution in [3.05, 3.63) is 0 Å². The van der Waals surface area contributed by atoms with Crippen LogP contribution in [0.25, 0.3) is 0 Å². The molecule has 0 saturated carbocycles. The Labute approximate surface area is 69.8 Å². The third-order valence-electron chi connectivity index (χ3n) is 2.35. The van der Waals surface area contributed by atoms with E-state index in [1.165, 1.54) is 32.4 Å². The molecule has 1 fully saturated rings. The van der Waals surface area contributed by atoms with Crippen LogP contribution in [-0.2, 0) is 0 Å². The fourth-order valence-corrected chi connectivity index (χ4v) is 1.63.